The molecule has 3 unspecified atom stereocenters. The maximum Gasteiger partial charge on any atom is 1.00 e. The van der Waals surface area contributed by atoms with Gasteiger partial charge in [0.05, 0.1) is 18.2 Å². The molecule has 0 saturated carbocycles. The van der Waals surface area contributed by atoms with Crippen molar-refractivity contribution in [2.45, 2.75) is 64.7 Å². The van der Waals surface area contributed by atoms with Crippen molar-refractivity contribution in [3.8, 4) is 0 Å². The van der Waals surface area contributed by atoms with Crippen molar-refractivity contribution in [3.05, 3.63) is 12.2 Å². The smallest absolute Gasteiger partial charge is 0.548 e. The Labute approximate surface area is 168 Å². The number of carboxylic acid groups (broad SMARTS) is 1. The van der Waals surface area contributed by atoms with Crippen LogP contribution in [0.2, 0.25) is 0 Å². The Morgan fingerprint density at radius 2 is 2.00 bits per heavy atom. The van der Waals surface area contributed by atoms with Crippen LogP contribution < -0.4 is 40.0 Å². The number of aliphatic hydroxyl groups is 2. The largest absolute Gasteiger partial charge is 1.00 e. The number of hydrogen-bond acceptors (Lipinski definition) is 6. The van der Waals surface area contributed by atoms with E-state index in [4.69, 9.17) is 0 Å². The number of rotatable bonds is 14. The van der Waals surface area contributed by atoms with E-state index in [2.05, 4.69) is 12.2 Å². The summed E-state index contributed by atoms with van der Waals surface area (Å²) >= 11 is 0. The molecule has 3 N–H and O–H groups in total. The molecule has 0 rings (SSSR count). The molecule has 0 aliphatic rings. The Kier molecular flexibility index (Phi) is 18.1. The Morgan fingerprint density at radius 1 is 1.33 bits per heavy atom. The number of aliphatic carboxylic acids is 1. The van der Waals surface area contributed by atoms with Gasteiger partial charge >= 0.3 is 29.6 Å². The van der Waals surface area contributed by atoms with E-state index in [1.165, 1.54) is 0 Å². The molecule has 0 aliphatic carbocycles. The van der Waals surface area contributed by atoms with Crippen LogP contribution in [-0.2, 0) is 4.79 Å². The summed E-state index contributed by atoms with van der Waals surface area (Å²) in [5.74, 6) is -1.14. The second-order valence-corrected chi connectivity index (χ2v) is 5.95. The third-order valence-electron chi connectivity index (χ3n) is 3.82. The van der Waals surface area contributed by atoms with Gasteiger partial charge in [0.25, 0.3) is 0 Å². The van der Waals surface area contributed by atoms with Crippen molar-refractivity contribution < 1.29 is 49.7 Å². The van der Waals surface area contributed by atoms with Crippen molar-refractivity contribution in [3.63, 3.8) is 0 Å². The van der Waals surface area contributed by atoms with Gasteiger partial charge in [-0.05, 0) is 26.7 Å². The van der Waals surface area contributed by atoms with Crippen LogP contribution in [0, 0.1) is 0 Å². The maximum atomic E-state index is 11.1. The summed E-state index contributed by atoms with van der Waals surface area (Å²) in [6.07, 6.45) is 6.00. The standard InChI is InChI=1S/C17H34N2O4.Na/c1-4-6-8-15(20)12-18-10-11-19(14(3)17(22)23)13-16(21)9-7-5-2;/h4,6,14-16,18,20-21H,5,7-13H2,1-3H3,(H,22,23);/q;+1/p-1/b6-4+;. The molecule has 7 heteroatoms. The number of hydrogen-bond donors (Lipinski definition) is 3. The third kappa shape index (κ3) is 13.4. The van der Waals surface area contributed by atoms with E-state index >= 15 is 0 Å². The molecule has 136 valence electrons. The zero-order valence-corrected chi connectivity index (χ0v) is 17.7. The molecule has 0 bridgehead atoms. The fourth-order valence-corrected chi connectivity index (χ4v) is 2.26. The first-order valence-corrected chi connectivity index (χ1v) is 8.55. The fraction of sp³-hybridized carbons (Fsp3) is 0.824. The normalized spacial score (nSPS) is 15.2. The molecule has 0 aliphatic heterocycles. The summed E-state index contributed by atoms with van der Waals surface area (Å²) in [5, 5.41) is 33.9. The van der Waals surface area contributed by atoms with Crippen LogP contribution in [0.1, 0.15) is 46.5 Å². The van der Waals surface area contributed by atoms with Crippen LogP contribution in [0.25, 0.3) is 0 Å². The number of carboxylic acids is 1. The zero-order valence-electron chi connectivity index (χ0n) is 15.7. The van der Waals surface area contributed by atoms with E-state index in [-0.39, 0.29) is 29.6 Å². The summed E-state index contributed by atoms with van der Waals surface area (Å²) < 4.78 is 0. The number of aliphatic hydroxyl groups excluding tert-OH is 2. The molecule has 0 aromatic carbocycles. The van der Waals surface area contributed by atoms with Gasteiger partial charge in [-0.1, -0.05) is 31.9 Å². The molecular weight excluding hydrogens is 319 g/mol. The number of carbonyl (C=O) groups is 1. The maximum absolute atomic E-state index is 11.1. The summed E-state index contributed by atoms with van der Waals surface area (Å²) in [6.45, 7) is 7.33. The van der Waals surface area contributed by atoms with Crippen LogP contribution in [0.4, 0.5) is 0 Å². The number of nitrogens with zero attached hydrogens (tertiary/aromatic N) is 1. The average molecular weight is 352 g/mol. The average Bonchev–Trinajstić information content (AvgIpc) is 2.52. The van der Waals surface area contributed by atoms with Crippen LogP contribution in [0.5, 0.6) is 0 Å². The predicted molar refractivity (Wildman–Crippen MR) is 89.9 cm³/mol. The molecule has 0 amide bonds. The molecule has 0 saturated heterocycles. The number of allylic oxidation sites excluding steroid dienone is 1. The molecule has 0 heterocycles. The first kappa shape index (κ1) is 26.3. The van der Waals surface area contributed by atoms with Gasteiger partial charge in [-0.2, -0.15) is 0 Å². The second-order valence-electron chi connectivity index (χ2n) is 5.95. The fourth-order valence-electron chi connectivity index (χ4n) is 2.26. The van der Waals surface area contributed by atoms with Crippen LogP contribution in [0.3, 0.4) is 0 Å². The number of carbonyl (C=O) groups excluding carboxylic acids is 1. The predicted octanol–water partition coefficient (Wildman–Crippen LogP) is -3.10. The van der Waals surface area contributed by atoms with Crippen molar-refractivity contribution in [1.29, 1.82) is 0 Å². The Balaban J connectivity index is 0. The minimum absolute atomic E-state index is 0. The van der Waals surface area contributed by atoms with Crippen LogP contribution >= 0.6 is 0 Å². The van der Waals surface area contributed by atoms with Crippen LogP contribution in [-0.4, -0.2) is 65.5 Å². The number of nitrogens with one attached hydrogen (secondary N) is 1. The minimum atomic E-state index is -1.14. The van der Waals surface area contributed by atoms with E-state index in [0.717, 1.165) is 12.8 Å². The molecular formula is C17H33N2NaO4. The van der Waals surface area contributed by atoms with Gasteiger partial charge in [-0.3, -0.25) is 4.90 Å². The van der Waals surface area contributed by atoms with Gasteiger partial charge in [0.15, 0.2) is 0 Å². The van der Waals surface area contributed by atoms with Crippen molar-refractivity contribution in [2.75, 3.05) is 26.2 Å². The van der Waals surface area contributed by atoms with Gasteiger partial charge in [0.1, 0.15) is 0 Å². The molecule has 0 spiro atoms. The first-order valence-electron chi connectivity index (χ1n) is 8.55. The van der Waals surface area contributed by atoms with Gasteiger partial charge in [-0.25, -0.2) is 0 Å². The summed E-state index contributed by atoms with van der Waals surface area (Å²) in [5.41, 5.74) is 0. The van der Waals surface area contributed by atoms with Crippen molar-refractivity contribution in [2.24, 2.45) is 0 Å². The third-order valence-corrected chi connectivity index (χ3v) is 3.82. The zero-order chi connectivity index (χ0) is 17.7. The van der Waals surface area contributed by atoms with E-state index in [1.54, 1.807) is 11.8 Å². The minimum Gasteiger partial charge on any atom is -0.548 e. The molecule has 0 aromatic heterocycles. The van der Waals surface area contributed by atoms with E-state index in [1.807, 2.05) is 19.1 Å². The quantitative estimate of drug-likeness (QED) is 0.174. The van der Waals surface area contributed by atoms with Gasteiger partial charge < -0.3 is 25.4 Å². The van der Waals surface area contributed by atoms with Crippen LogP contribution in [0.15, 0.2) is 12.2 Å². The SMILES string of the molecule is C/C=C/CC(O)CNCCN(CC(O)CCCC)C(C)C(=O)[O-].[Na+]. The van der Waals surface area contributed by atoms with E-state index < -0.39 is 24.2 Å². The van der Waals surface area contributed by atoms with Gasteiger partial charge in [0.2, 0.25) is 0 Å². The number of unbranched alkanes of at least 4 members (excludes halogenated alkanes) is 1. The molecule has 0 aromatic rings. The topological polar surface area (TPSA) is 95.9 Å². The Hall–Kier alpha value is 0.0500. The summed E-state index contributed by atoms with van der Waals surface area (Å²) in [7, 11) is 0. The first-order chi connectivity index (χ1) is 10.9. The Morgan fingerprint density at radius 3 is 2.54 bits per heavy atom. The second kappa shape index (κ2) is 16.5. The monoisotopic (exact) mass is 352 g/mol. The van der Waals surface area contributed by atoms with Crippen molar-refractivity contribution >= 4 is 5.97 Å². The van der Waals surface area contributed by atoms with Crippen molar-refractivity contribution in [1.82, 2.24) is 10.2 Å². The van der Waals surface area contributed by atoms with Gasteiger partial charge in [-0.15, -0.1) is 0 Å². The molecule has 0 fully saturated rings. The molecule has 3 atom stereocenters. The molecule has 6 nitrogen and oxygen atoms in total. The van der Waals surface area contributed by atoms with E-state index in [9.17, 15) is 20.1 Å². The summed E-state index contributed by atoms with van der Waals surface area (Å²) in [6, 6.07) is -0.749. The van der Waals surface area contributed by atoms with Gasteiger partial charge in [0, 0.05) is 32.2 Å². The molecule has 0 radical (unpaired) electrons. The molecule has 24 heavy (non-hydrogen) atoms. The summed E-state index contributed by atoms with van der Waals surface area (Å²) in [4.78, 5) is 12.8. The Bertz CT molecular complexity index is 343. The van der Waals surface area contributed by atoms with E-state index in [0.29, 0.717) is 39.0 Å².